The molecule has 0 radical (unpaired) electrons. The topological polar surface area (TPSA) is 178 Å². The second-order valence-electron chi connectivity index (χ2n) is 5.14. The molecule has 0 saturated carbocycles. The zero-order chi connectivity index (χ0) is 16.4. The summed E-state index contributed by atoms with van der Waals surface area (Å²) in [5.41, 5.74) is 5.07. The van der Waals surface area contributed by atoms with Crippen molar-refractivity contribution >= 4 is 24.9 Å². The Balaban J connectivity index is 0.00000169. The maximum absolute atomic E-state index is 11.8. The van der Waals surface area contributed by atoms with Crippen molar-refractivity contribution in [1.29, 1.82) is 0 Å². The Morgan fingerprint density at radius 2 is 2.29 bits per heavy atom. The number of imidazole rings is 1. The maximum Gasteiger partial charge on any atom is 1.00 e. The molecule has 4 heterocycles. The molecule has 0 amide bonds. The standard InChI is InChI=1S/C10H12N5O7P.Na/c11-10-13-7-4(8(17)14-10)12-2-15(7)9-5(16)6-3(21-9)1-20-23(18,19)22-6;/h2-3,5-6,9,16H,1H2,(H,18,19)(H3,11,13,14,17);/q;+1/p-1/t3-,5-,6-,9-;/m1./s1/i1+1,3+1,5+1,6+1,9+1;. The van der Waals surface area contributed by atoms with Gasteiger partial charge in [-0.2, -0.15) is 4.98 Å². The van der Waals surface area contributed by atoms with Crippen molar-refractivity contribution in [2.75, 3.05) is 12.3 Å². The summed E-state index contributed by atoms with van der Waals surface area (Å²) in [5.74, 6) is -0.127. The van der Waals surface area contributed by atoms with Crippen LogP contribution >= 0.6 is 7.82 Å². The molecule has 0 aliphatic carbocycles. The number of ether oxygens (including phenoxy) is 1. The van der Waals surface area contributed by atoms with Crippen molar-refractivity contribution in [3.05, 3.63) is 16.7 Å². The van der Waals surface area contributed by atoms with Gasteiger partial charge in [0.15, 0.2) is 17.4 Å². The van der Waals surface area contributed by atoms with Crippen LogP contribution in [-0.4, -0.2) is 49.5 Å². The van der Waals surface area contributed by atoms with Gasteiger partial charge in [-0.05, 0) is 0 Å². The first-order chi connectivity index (χ1) is 10.9. The number of rotatable bonds is 1. The van der Waals surface area contributed by atoms with Gasteiger partial charge in [0.05, 0.1) is 12.9 Å². The number of nitrogens with one attached hydrogen (secondary N) is 1. The Morgan fingerprint density at radius 1 is 1.54 bits per heavy atom. The Morgan fingerprint density at radius 3 is 3.04 bits per heavy atom. The molecule has 24 heavy (non-hydrogen) atoms. The number of phosphoric ester groups is 1. The molecule has 2 aliphatic heterocycles. The van der Waals surface area contributed by atoms with Crippen LogP contribution in [0.25, 0.3) is 11.2 Å². The third kappa shape index (κ3) is 2.83. The van der Waals surface area contributed by atoms with Gasteiger partial charge < -0.3 is 29.5 Å². The Hall–Kier alpha value is -0.820. The number of fused-ring (bicyclic) bond motifs is 2. The molecular formula is C10H11N5NaO7P. The smallest absolute Gasteiger partial charge is 0.756 e. The van der Waals surface area contributed by atoms with Crippen LogP contribution < -0.4 is 45.7 Å². The maximum atomic E-state index is 11.8. The Labute approximate surface area is 155 Å². The molecule has 0 spiro atoms. The average molecular weight is 372 g/mol. The summed E-state index contributed by atoms with van der Waals surface area (Å²) in [6.07, 6.45) is -3.04. The van der Waals surface area contributed by atoms with Crippen molar-refractivity contribution in [2.45, 2.75) is 24.5 Å². The van der Waals surface area contributed by atoms with Gasteiger partial charge in [0.25, 0.3) is 13.4 Å². The van der Waals surface area contributed by atoms with Gasteiger partial charge in [-0.3, -0.25) is 18.9 Å². The van der Waals surface area contributed by atoms with E-state index in [2.05, 4.69) is 19.5 Å². The van der Waals surface area contributed by atoms with Crippen LogP contribution in [0.5, 0.6) is 0 Å². The molecule has 2 aromatic heterocycles. The number of hydrogen-bond acceptors (Lipinski definition) is 10. The first-order valence-electron chi connectivity index (χ1n) is 6.55. The Bertz CT molecular complexity index is 886. The van der Waals surface area contributed by atoms with E-state index in [0.29, 0.717) is 0 Å². The number of phosphoric acid groups is 1. The van der Waals surface area contributed by atoms with E-state index in [1.807, 2.05) is 0 Å². The molecular weight excluding hydrogens is 361 g/mol. The summed E-state index contributed by atoms with van der Waals surface area (Å²) in [6, 6.07) is 0. The van der Waals surface area contributed by atoms with Crippen molar-refractivity contribution in [1.82, 2.24) is 19.5 Å². The van der Waals surface area contributed by atoms with Crippen molar-refractivity contribution in [3.63, 3.8) is 0 Å². The minimum Gasteiger partial charge on any atom is -0.756 e. The van der Waals surface area contributed by atoms with Gasteiger partial charge in [-0.25, -0.2) is 4.98 Å². The molecule has 1 unspecified atom stereocenters. The SMILES string of the molecule is Nc1nc2c(ncn2[13C@@H]2O[13C@@H]3[13CH2]OP(=O)([O-])O[13C@H]3[13C@H]2O)c(=O)[nH]1.[Na+]. The van der Waals surface area contributed by atoms with Gasteiger partial charge >= 0.3 is 29.6 Å². The van der Waals surface area contributed by atoms with Crippen molar-refractivity contribution in [2.24, 2.45) is 0 Å². The second kappa shape index (κ2) is 6.16. The van der Waals surface area contributed by atoms with Gasteiger partial charge in [0.1, 0.15) is 18.3 Å². The van der Waals surface area contributed by atoms with E-state index in [-0.39, 0.29) is 53.3 Å². The normalized spacial score (nSPS) is 35.6. The van der Waals surface area contributed by atoms with E-state index in [4.69, 9.17) is 15.0 Å². The number of anilines is 1. The predicted molar refractivity (Wildman–Crippen MR) is 70.9 cm³/mol. The van der Waals surface area contributed by atoms with Crippen LogP contribution in [0.2, 0.25) is 0 Å². The fraction of sp³-hybridized carbons (Fsp3) is 0.500. The van der Waals surface area contributed by atoms with E-state index in [1.54, 1.807) is 0 Å². The largest absolute Gasteiger partial charge is 1.00 e. The molecule has 2 aromatic rings. The van der Waals surface area contributed by atoms with E-state index >= 15 is 0 Å². The fourth-order valence-corrected chi connectivity index (χ4v) is 3.64. The molecule has 0 aromatic carbocycles. The number of aliphatic hydroxyl groups excluding tert-OH is 1. The number of aromatic nitrogens is 4. The minimum atomic E-state index is -4.47. The minimum absolute atomic E-state index is 0. The number of nitrogens with two attached hydrogens (primary N) is 1. The molecule has 2 saturated heterocycles. The number of hydrogen-bond donors (Lipinski definition) is 3. The molecule has 5 atom stereocenters. The molecule has 12 nitrogen and oxygen atoms in total. The van der Waals surface area contributed by atoms with Crippen LogP contribution in [0.15, 0.2) is 11.1 Å². The quantitative estimate of drug-likeness (QED) is 0.249. The summed E-state index contributed by atoms with van der Waals surface area (Å²) in [5, 5.41) is 10.3. The molecule has 124 valence electrons. The summed E-state index contributed by atoms with van der Waals surface area (Å²) in [4.78, 5) is 33.3. The van der Waals surface area contributed by atoms with E-state index in [1.165, 1.54) is 10.9 Å². The fourth-order valence-electron chi connectivity index (χ4n) is 2.69. The van der Waals surface area contributed by atoms with E-state index < -0.39 is 37.9 Å². The van der Waals surface area contributed by atoms with Gasteiger partial charge in [0.2, 0.25) is 5.95 Å². The molecule has 4 rings (SSSR count). The number of nitrogens with zero attached hydrogens (tertiary/aromatic N) is 3. The second-order valence-corrected chi connectivity index (χ2v) is 6.51. The van der Waals surface area contributed by atoms with Crippen LogP contribution in [0.3, 0.4) is 0 Å². The van der Waals surface area contributed by atoms with Crippen LogP contribution in [0, 0.1) is 0 Å². The zero-order valence-corrected chi connectivity index (χ0v) is 15.3. The predicted octanol–water partition coefficient (Wildman–Crippen LogP) is -5.15. The third-order valence-electron chi connectivity index (χ3n) is 3.68. The van der Waals surface area contributed by atoms with Crippen LogP contribution in [-0.2, 0) is 18.3 Å². The summed E-state index contributed by atoms with van der Waals surface area (Å²) in [7, 11) is -4.47. The third-order valence-corrected chi connectivity index (χ3v) is 4.65. The monoisotopic (exact) mass is 372 g/mol. The summed E-state index contributed by atoms with van der Waals surface area (Å²) in [6.45, 7) is -0.276. The Kier molecular flexibility index (Phi) is 4.62. The summed E-state index contributed by atoms with van der Waals surface area (Å²) < 4.78 is 27.5. The van der Waals surface area contributed by atoms with Gasteiger partial charge in [0, 0.05) is 0 Å². The zero-order valence-electron chi connectivity index (χ0n) is 12.4. The number of H-pyrrole nitrogens is 1. The first kappa shape index (κ1) is 18.0. The van der Waals surface area contributed by atoms with Crippen molar-refractivity contribution in [3.8, 4) is 0 Å². The molecule has 14 heteroatoms. The van der Waals surface area contributed by atoms with E-state index in [9.17, 15) is 19.4 Å². The number of aromatic amines is 1. The molecule has 2 fully saturated rings. The first-order valence-corrected chi connectivity index (χ1v) is 8.01. The summed E-state index contributed by atoms with van der Waals surface area (Å²) >= 11 is 0. The van der Waals surface area contributed by atoms with Gasteiger partial charge in [-0.1, -0.05) is 0 Å². The number of nitrogen functional groups attached to an aromatic ring is 1. The molecule has 2 aliphatic rings. The van der Waals surface area contributed by atoms with Crippen LogP contribution in [0.1, 0.15) is 6.23 Å². The molecule has 0 bridgehead atoms. The number of aliphatic hydroxyl groups is 1. The van der Waals surface area contributed by atoms with E-state index in [0.717, 1.165) is 0 Å². The average Bonchev–Trinajstić information content (AvgIpc) is 3.00. The molecule has 4 N–H and O–H groups in total. The van der Waals surface area contributed by atoms with Crippen LogP contribution in [0.4, 0.5) is 5.95 Å². The van der Waals surface area contributed by atoms with Crippen molar-refractivity contribution < 1.29 is 57.9 Å². The van der Waals surface area contributed by atoms with Gasteiger partial charge in [-0.15, -0.1) is 0 Å².